The summed E-state index contributed by atoms with van der Waals surface area (Å²) in [5, 5.41) is 5.25. The van der Waals surface area contributed by atoms with Crippen molar-refractivity contribution in [1.82, 2.24) is 5.32 Å². The first-order chi connectivity index (χ1) is 10.1. The number of anilines is 1. The third-order valence-corrected chi connectivity index (χ3v) is 4.07. The van der Waals surface area contributed by atoms with E-state index in [1.807, 2.05) is 24.3 Å². The van der Waals surface area contributed by atoms with Gasteiger partial charge in [-0.3, -0.25) is 9.59 Å². The Morgan fingerprint density at radius 1 is 1.29 bits per heavy atom. The van der Waals surface area contributed by atoms with E-state index < -0.39 is 0 Å². The molecular weight excluding hydrogens is 286 g/mol. The normalized spacial score (nSPS) is 11.8. The Morgan fingerprint density at radius 3 is 2.52 bits per heavy atom. The summed E-state index contributed by atoms with van der Waals surface area (Å²) in [6.07, 6.45) is 0.972. The smallest absolute Gasteiger partial charge is 0.234 e. The number of carbonyl (C=O) groups excluding carboxylic acids is 2. The standard InChI is InChI=1S/C15H23N3O2S/c1-3-12-4-6-13(7-5-12)18-14(19)10-21-11(2)15(20)17-9-8-16/h4-7,11H,3,8-10,16H2,1-2H3,(H,17,20)(H,18,19). The second-order valence-corrected chi connectivity index (χ2v) is 5.96. The van der Waals surface area contributed by atoms with Gasteiger partial charge in [-0.15, -0.1) is 11.8 Å². The average molecular weight is 309 g/mol. The maximum absolute atomic E-state index is 11.8. The van der Waals surface area contributed by atoms with Crippen molar-refractivity contribution >= 4 is 29.3 Å². The molecule has 0 aromatic heterocycles. The van der Waals surface area contributed by atoms with Crippen LogP contribution in [0.25, 0.3) is 0 Å². The summed E-state index contributed by atoms with van der Waals surface area (Å²) in [7, 11) is 0. The second-order valence-electron chi connectivity index (χ2n) is 4.63. The number of rotatable bonds is 8. The van der Waals surface area contributed by atoms with Crippen LogP contribution in [0.15, 0.2) is 24.3 Å². The van der Waals surface area contributed by atoms with Crippen molar-refractivity contribution in [3.8, 4) is 0 Å². The molecule has 1 aromatic carbocycles. The van der Waals surface area contributed by atoms with E-state index in [0.717, 1.165) is 12.1 Å². The minimum Gasteiger partial charge on any atom is -0.354 e. The van der Waals surface area contributed by atoms with Gasteiger partial charge in [-0.2, -0.15) is 0 Å². The third-order valence-electron chi connectivity index (χ3n) is 2.92. The highest BCUT2D eigenvalue weighted by Crippen LogP contribution is 2.13. The van der Waals surface area contributed by atoms with Crippen molar-refractivity contribution in [2.45, 2.75) is 25.5 Å². The molecule has 0 aliphatic carbocycles. The Hall–Kier alpha value is -1.53. The summed E-state index contributed by atoms with van der Waals surface area (Å²) in [4.78, 5) is 23.4. The molecule has 0 aliphatic heterocycles. The highest BCUT2D eigenvalue weighted by Gasteiger charge is 2.14. The van der Waals surface area contributed by atoms with Gasteiger partial charge in [0.1, 0.15) is 0 Å². The van der Waals surface area contributed by atoms with Crippen LogP contribution in [-0.4, -0.2) is 35.9 Å². The van der Waals surface area contributed by atoms with Crippen molar-refractivity contribution in [3.63, 3.8) is 0 Å². The van der Waals surface area contributed by atoms with Crippen LogP contribution >= 0.6 is 11.8 Å². The van der Waals surface area contributed by atoms with Gasteiger partial charge in [0.25, 0.3) is 0 Å². The SMILES string of the molecule is CCc1ccc(NC(=O)CSC(C)C(=O)NCCN)cc1. The Morgan fingerprint density at radius 2 is 1.95 bits per heavy atom. The topological polar surface area (TPSA) is 84.2 Å². The Kier molecular flexibility index (Phi) is 7.85. The molecule has 0 saturated carbocycles. The molecular formula is C15H23N3O2S. The van der Waals surface area contributed by atoms with Gasteiger partial charge in [-0.1, -0.05) is 19.1 Å². The number of hydrogen-bond donors (Lipinski definition) is 3. The maximum atomic E-state index is 11.8. The number of carbonyl (C=O) groups is 2. The highest BCUT2D eigenvalue weighted by atomic mass is 32.2. The zero-order valence-corrected chi connectivity index (χ0v) is 13.3. The van der Waals surface area contributed by atoms with Gasteiger partial charge >= 0.3 is 0 Å². The lowest BCUT2D eigenvalue weighted by atomic mass is 10.1. The van der Waals surface area contributed by atoms with Gasteiger partial charge in [0, 0.05) is 18.8 Å². The Labute approximate surface area is 130 Å². The van der Waals surface area contributed by atoms with Crippen LogP contribution in [0.3, 0.4) is 0 Å². The lowest BCUT2D eigenvalue weighted by molar-refractivity contribution is -0.120. The molecule has 0 heterocycles. The number of hydrogen-bond acceptors (Lipinski definition) is 4. The highest BCUT2D eigenvalue weighted by molar-refractivity contribution is 8.01. The molecule has 116 valence electrons. The summed E-state index contributed by atoms with van der Waals surface area (Å²) in [5.74, 6) is 0.0421. The van der Waals surface area contributed by atoms with Crippen LogP contribution in [-0.2, 0) is 16.0 Å². The van der Waals surface area contributed by atoms with Gasteiger partial charge < -0.3 is 16.4 Å². The Bertz CT molecular complexity index is 462. The molecule has 21 heavy (non-hydrogen) atoms. The number of benzene rings is 1. The van der Waals surface area contributed by atoms with Gasteiger partial charge in [0.15, 0.2) is 0 Å². The molecule has 6 heteroatoms. The van der Waals surface area contributed by atoms with Crippen molar-refractivity contribution in [1.29, 1.82) is 0 Å². The fourth-order valence-electron chi connectivity index (χ4n) is 1.64. The summed E-state index contributed by atoms with van der Waals surface area (Å²) < 4.78 is 0. The number of thioether (sulfide) groups is 1. The monoisotopic (exact) mass is 309 g/mol. The number of aryl methyl sites for hydroxylation is 1. The molecule has 0 spiro atoms. The molecule has 4 N–H and O–H groups in total. The summed E-state index contributed by atoms with van der Waals surface area (Å²) in [6, 6.07) is 7.76. The quantitative estimate of drug-likeness (QED) is 0.677. The minimum atomic E-state index is -0.273. The van der Waals surface area contributed by atoms with Crippen LogP contribution in [0.5, 0.6) is 0 Å². The number of nitrogens with one attached hydrogen (secondary N) is 2. The van der Waals surface area contributed by atoms with E-state index in [4.69, 9.17) is 5.73 Å². The predicted octanol–water partition coefficient (Wildman–Crippen LogP) is 1.38. The lowest BCUT2D eigenvalue weighted by Crippen LogP contribution is -2.35. The average Bonchev–Trinajstić information content (AvgIpc) is 2.50. The van der Waals surface area contributed by atoms with E-state index in [9.17, 15) is 9.59 Å². The molecule has 1 unspecified atom stereocenters. The summed E-state index contributed by atoms with van der Waals surface area (Å²) in [5.41, 5.74) is 7.33. The molecule has 2 amide bonds. The molecule has 5 nitrogen and oxygen atoms in total. The van der Waals surface area contributed by atoms with Crippen LogP contribution in [0.1, 0.15) is 19.4 Å². The van der Waals surface area contributed by atoms with E-state index >= 15 is 0 Å². The molecule has 1 rings (SSSR count). The predicted molar refractivity (Wildman–Crippen MR) is 88.4 cm³/mol. The van der Waals surface area contributed by atoms with Crippen molar-refractivity contribution < 1.29 is 9.59 Å². The number of nitrogens with two attached hydrogens (primary N) is 1. The first-order valence-corrected chi connectivity index (χ1v) is 8.09. The number of amides is 2. The van der Waals surface area contributed by atoms with Crippen LogP contribution in [0.4, 0.5) is 5.69 Å². The fraction of sp³-hybridized carbons (Fsp3) is 0.467. The molecule has 0 radical (unpaired) electrons. The molecule has 1 aromatic rings. The molecule has 0 fully saturated rings. The van der Waals surface area contributed by atoms with Gasteiger partial charge in [0.05, 0.1) is 11.0 Å². The van der Waals surface area contributed by atoms with Gasteiger partial charge in [-0.05, 0) is 31.0 Å². The maximum Gasteiger partial charge on any atom is 0.234 e. The van der Waals surface area contributed by atoms with Crippen LogP contribution in [0, 0.1) is 0 Å². The zero-order chi connectivity index (χ0) is 15.7. The fourth-order valence-corrected chi connectivity index (χ4v) is 2.34. The van der Waals surface area contributed by atoms with Crippen molar-refractivity contribution in [3.05, 3.63) is 29.8 Å². The molecule has 0 aliphatic rings. The Balaban J connectivity index is 2.34. The first-order valence-electron chi connectivity index (χ1n) is 7.05. The van der Waals surface area contributed by atoms with Crippen molar-refractivity contribution in [2.75, 3.05) is 24.2 Å². The van der Waals surface area contributed by atoms with E-state index in [0.29, 0.717) is 13.1 Å². The molecule has 0 saturated heterocycles. The lowest BCUT2D eigenvalue weighted by Gasteiger charge is -2.11. The third kappa shape index (κ3) is 6.64. The van der Waals surface area contributed by atoms with Gasteiger partial charge in [-0.25, -0.2) is 0 Å². The zero-order valence-electron chi connectivity index (χ0n) is 12.5. The summed E-state index contributed by atoms with van der Waals surface area (Å²) >= 11 is 1.31. The molecule has 1 atom stereocenters. The largest absolute Gasteiger partial charge is 0.354 e. The van der Waals surface area contributed by atoms with Crippen LogP contribution < -0.4 is 16.4 Å². The van der Waals surface area contributed by atoms with Crippen LogP contribution in [0.2, 0.25) is 0 Å². The van der Waals surface area contributed by atoms with E-state index in [1.165, 1.54) is 17.3 Å². The van der Waals surface area contributed by atoms with E-state index in [2.05, 4.69) is 17.6 Å². The first kappa shape index (κ1) is 17.5. The summed E-state index contributed by atoms with van der Waals surface area (Å²) in [6.45, 7) is 4.73. The second kappa shape index (κ2) is 9.41. The van der Waals surface area contributed by atoms with E-state index in [1.54, 1.807) is 6.92 Å². The van der Waals surface area contributed by atoms with Gasteiger partial charge in [0.2, 0.25) is 11.8 Å². The van der Waals surface area contributed by atoms with E-state index in [-0.39, 0.29) is 22.8 Å². The van der Waals surface area contributed by atoms with Crippen molar-refractivity contribution in [2.24, 2.45) is 5.73 Å². The molecule has 0 bridgehead atoms. The minimum absolute atomic E-state index is 0.0921.